The van der Waals surface area contributed by atoms with Crippen molar-refractivity contribution in [2.75, 3.05) is 13.7 Å². The van der Waals surface area contributed by atoms with Gasteiger partial charge in [0.05, 0.1) is 12.7 Å². The molecule has 1 aliphatic rings. The van der Waals surface area contributed by atoms with E-state index in [0.29, 0.717) is 0 Å². The van der Waals surface area contributed by atoms with Gasteiger partial charge in [-0.05, 0) is 37.3 Å². The Bertz CT molecular complexity index is 354. The minimum atomic E-state index is -0.278. The van der Waals surface area contributed by atoms with Crippen LogP contribution in [0.25, 0.3) is 0 Å². The first-order chi connectivity index (χ1) is 7.68. The summed E-state index contributed by atoms with van der Waals surface area (Å²) in [5, 5.41) is 9.52. The third kappa shape index (κ3) is 2.28. The second kappa shape index (κ2) is 4.56. The minimum absolute atomic E-state index is 0.236. The van der Waals surface area contributed by atoms with E-state index >= 15 is 0 Å². The quantitative estimate of drug-likeness (QED) is 0.825. The van der Waals surface area contributed by atoms with Crippen LogP contribution in [0, 0.1) is 0 Å². The maximum absolute atomic E-state index is 9.52. The molecule has 0 saturated heterocycles. The van der Waals surface area contributed by atoms with E-state index in [0.717, 1.165) is 13.0 Å². The molecule has 1 saturated carbocycles. The Labute approximate surface area is 97.3 Å². The van der Waals surface area contributed by atoms with Gasteiger partial charge in [-0.3, -0.25) is 0 Å². The van der Waals surface area contributed by atoms with Crippen LogP contribution in [0.4, 0.5) is 0 Å². The molecular weight excluding hydrogens is 200 g/mol. The molecule has 0 amide bonds. The highest BCUT2D eigenvalue weighted by molar-refractivity contribution is 5.39. The second-order valence-electron chi connectivity index (χ2n) is 4.92. The van der Waals surface area contributed by atoms with Gasteiger partial charge in [-0.1, -0.05) is 24.3 Å². The molecule has 2 rings (SSSR count). The van der Waals surface area contributed by atoms with Crippen molar-refractivity contribution >= 4 is 0 Å². The molecule has 1 N–H and O–H groups in total. The fraction of sp³-hybridized carbons (Fsp3) is 0.571. The lowest BCUT2D eigenvalue weighted by Gasteiger charge is -2.19. The molecule has 16 heavy (non-hydrogen) atoms. The van der Waals surface area contributed by atoms with E-state index in [1.54, 1.807) is 7.11 Å². The van der Waals surface area contributed by atoms with E-state index in [1.165, 1.54) is 24.0 Å². The Balaban J connectivity index is 2.26. The molecule has 1 fully saturated rings. The largest absolute Gasteiger partial charge is 0.393 e. The molecule has 1 atom stereocenters. The van der Waals surface area contributed by atoms with Gasteiger partial charge in [0.1, 0.15) is 0 Å². The fourth-order valence-corrected chi connectivity index (χ4v) is 2.45. The Morgan fingerprint density at radius 1 is 1.38 bits per heavy atom. The van der Waals surface area contributed by atoms with Crippen LogP contribution in [-0.4, -0.2) is 24.9 Å². The smallest absolute Gasteiger partial charge is 0.0559 e. The number of hydrogen-bond acceptors (Lipinski definition) is 2. The van der Waals surface area contributed by atoms with Crippen molar-refractivity contribution < 1.29 is 9.84 Å². The molecule has 1 unspecified atom stereocenters. The zero-order valence-corrected chi connectivity index (χ0v) is 10.1. The van der Waals surface area contributed by atoms with Crippen LogP contribution in [0.3, 0.4) is 0 Å². The van der Waals surface area contributed by atoms with Crippen molar-refractivity contribution in [1.82, 2.24) is 0 Å². The summed E-state index contributed by atoms with van der Waals surface area (Å²) < 4.78 is 5.32. The molecule has 0 radical (unpaired) electrons. The van der Waals surface area contributed by atoms with Crippen LogP contribution in [0.15, 0.2) is 24.3 Å². The monoisotopic (exact) mass is 220 g/mol. The average molecular weight is 220 g/mol. The van der Waals surface area contributed by atoms with E-state index in [2.05, 4.69) is 18.2 Å². The van der Waals surface area contributed by atoms with Crippen LogP contribution in [0.1, 0.15) is 30.9 Å². The van der Waals surface area contributed by atoms with Gasteiger partial charge < -0.3 is 9.84 Å². The van der Waals surface area contributed by atoms with E-state index < -0.39 is 0 Å². The van der Waals surface area contributed by atoms with Crippen LogP contribution < -0.4 is 0 Å². The summed E-state index contributed by atoms with van der Waals surface area (Å²) in [6, 6.07) is 8.43. The highest BCUT2D eigenvalue weighted by atomic mass is 16.5. The van der Waals surface area contributed by atoms with E-state index in [1.807, 2.05) is 13.0 Å². The lowest BCUT2D eigenvalue weighted by atomic mass is 9.90. The first-order valence-corrected chi connectivity index (χ1v) is 5.93. The first kappa shape index (κ1) is 11.6. The predicted octanol–water partition coefficient (Wildman–Crippen LogP) is 2.29. The van der Waals surface area contributed by atoms with Crippen LogP contribution in [-0.2, 0) is 16.6 Å². The van der Waals surface area contributed by atoms with Crippen LogP contribution in [0.5, 0.6) is 0 Å². The van der Waals surface area contributed by atoms with Gasteiger partial charge in [0.25, 0.3) is 0 Å². The number of aliphatic hydroxyl groups excluding tert-OH is 1. The van der Waals surface area contributed by atoms with Crippen LogP contribution in [0.2, 0.25) is 0 Å². The molecule has 2 heteroatoms. The predicted molar refractivity (Wildman–Crippen MR) is 64.6 cm³/mol. The average Bonchev–Trinajstić information content (AvgIpc) is 2.99. The van der Waals surface area contributed by atoms with E-state index in [4.69, 9.17) is 4.74 Å². The van der Waals surface area contributed by atoms with Crippen molar-refractivity contribution in [2.24, 2.45) is 0 Å². The van der Waals surface area contributed by atoms with E-state index in [-0.39, 0.29) is 11.5 Å². The number of hydrogen-bond donors (Lipinski definition) is 1. The second-order valence-corrected chi connectivity index (χ2v) is 4.92. The summed E-state index contributed by atoms with van der Waals surface area (Å²) in [6.45, 7) is 2.64. The molecule has 0 spiro atoms. The standard InChI is InChI=1S/C14H20O2/c1-11(15)9-12-5-3-4-6-13(12)14(7-8-14)10-16-2/h3-6,11,15H,7-10H2,1-2H3. The van der Waals surface area contributed by atoms with Crippen molar-refractivity contribution in [3.8, 4) is 0 Å². The molecule has 0 bridgehead atoms. The van der Waals surface area contributed by atoms with Crippen LogP contribution >= 0.6 is 0 Å². The fourth-order valence-electron chi connectivity index (χ4n) is 2.45. The molecule has 0 heterocycles. The Hall–Kier alpha value is -0.860. The number of benzene rings is 1. The summed E-state index contributed by atoms with van der Waals surface area (Å²) in [6.07, 6.45) is 2.87. The van der Waals surface area contributed by atoms with Crippen molar-refractivity contribution in [2.45, 2.75) is 37.7 Å². The van der Waals surface area contributed by atoms with Gasteiger partial charge in [0, 0.05) is 12.5 Å². The number of ether oxygens (including phenoxy) is 1. The Morgan fingerprint density at radius 3 is 2.62 bits per heavy atom. The molecule has 1 aromatic rings. The maximum atomic E-state index is 9.52. The molecule has 1 aliphatic carbocycles. The van der Waals surface area contributed by atoms with Gasteiger partial charge in [-0.15, -0.1) is 0 Å². The van der Waals surface area contributed by atoms with E-state index in [9.17, 15) is 5.11 Å². The van der Waals surface area contributed by atoms with Gasteiger partial charge in [0.15, 0.2) is 0 Å². The lowest BCUT2D eigenvalue weighted by molar-refractivity contribution is 0.169. The number of methoxy groups -OCH3 is 1. The first-order valence-electron chi connectivity index (χ1n) is 5.93. The number of aliphatic hydroxyl groups is 1. The molecular formula is C14H20O2. The molecule has 88 valence electrons. The zero-order chi connectivity index (χ0) is 11.6. The minimum Gasteiger partial charge on any atom is -0.393 e. The Kier molecular flexibility index (Phi) is 3.31. The highest BCUT2D eigenvalue weighted by Gasteiger charge is 2.45. The van der Waals surface area contributed by atoms with Gasteiger partial charge in [-0.25, -0.2) is 0 Å². The van der Waals surface area contributed by atoms with Crippen molar-refractivity contribution in [3.63, 3.8) is 0 Å². The summed E-state index contributed by atoms with van der Waals surface area (Å²) in [5.74, 6) is 0. The third-order valence-corrected chi connectivity index (χ3v) is 3.38. The molecule has 1 aromatic carbocycles. The molecule has 0 aromatic heterocycles. The zero-order valence-electron chi connectivity index (χ0n) is 10.1. The van der Waals surface area contributed by atoms with Gasteiger partial charge in [0.2, 0.25) is 0 Å². The summed E-state index contributed by atoms with van der Waals surface area (Å²) in [7, 11) is 1.76. The summed E-state index contributed by atoms with van der Waals surface area (Å²) in [5.41, 5.74) is 2.88. The van der Waals surface area contributed by atoms with Crippen molar-refractivity contribution in [1.29, 1.82) is 0 Å². The highest BCUT2D eigenvalue weighted by Crippen LogP contribution is 2.49. The van der Waals surface area contributed by atoms with Gasteiger partial charge >= 0.3 is 0 Å². The number of rotatable bonds is 5. The SMILES string of the molecule is COCC1(c2ccccc2CC(C)O)CC1. The lowest BCUT2D eigenvalue weighted by Crippen LogP contribution is -2.18. The third-order valence-electron chi connectivity index (χ3n) is 3.38. The molecule has 2 nitrogen and oxygen atoms in total. The molecule has 0 aliphatic heterocycles. The normalized spacial score (nSPS) is 19.4. The summed E-state index contributed by atoms with van der Waals surface area (Å²) >= 11 is 0. The maximum Gasteiger partial charge on any atom is 0.0559 e. The van der Waals surface area contributed by atoms with Gasteiger partial charge in [-0.2, -0.15) is 0 Å². The summed E-state index contributed by atoms with van der Waals surface area (Å²) in [4.78, 5) is 0. The topological polar surface area (TPSA) is 29.5 Å². The van der Waals surface area contributed by atoms with Crippen molar-refractivity contribution in [3.05, 3.63) is 35.4 Å². The Morgan fingerprint density at radius 2 is 2.06 bits per heavy atom.